The zero-order valence-electron chi connectivity index (χ0n) is 17.3. The van der Waals surface area contributed by atoms with Crippen LogP contribution in [0.4, 0.5) is 0 Å². The number of nitrogens with two attached hydrogens (primary N) is 1. The van der Waals surface area contributed by atoms with Crippen LogP contribution in [0.25, 0.3) is 0 Å². The van der Waals surface area contributed by atoms with Crippen LogP contribution in [0.3, 0.4) is 0 Å². The largest absolute Gasteiger partial charge is 0.493 e. The van der Waals surface area contributed by atoms with Crippen molar-refractivity contribution in [3.63, 3.8) is 0 Å². The van der Waals surface area contributed by atoms with Gasteiger partial charge in [-0.25, -0.2) is 0 Å². The first-order valence-corrected chi connectivity index (χ1v) is 9.12. The third kappa shape index (κ3) is 4.73. The van der Waals surface area contributed by atoms with Crippen molar-refractivity contribution in [2.75, 3.05) is 55.1 Å². The first-order chi connectivity index (χ1) is 13.4. The van der Waals surface area contributed by atoms with Gasteiger partial charge in [0.25, 0.3) is 0 Å². The summed E-state index contributed by atoms with van der Waals surface area (Å²) in [6, 6.07) is 3.30. The highest BCUT2D eigenvalue weighted by molar-refractivity contribution is 6.05. The molecule has 1 aromatic rings. The fourth-order valence-electron chi connectivity index (χ4n) is 3.02. The first-order valence-electron chi connectivity index (χ1n) is 9.12. The third-order valence-electron chi connectivity index (χ3n) is 4.68. The fourth-order valence-corrected chi connectivity index (χ4v) is 3.02. The molecule has 0 fully saturated rings. The molecule has 1 atom stereocenters. The predicted molar refractivity (Wildman–Crippen MR) is 109 cm³/mol. The van der Waals surface area contributed by atoms with Gasteiger partial charge in [0, 0.05) is 25.1 Å². The summed E-state index contributed by atoms with van der Waals surface area (Å²) in [7, 11) is 8.48. The molecular weight excluding hydrogens is 360 g/mol. The maximum absolute atomic E-state index is 13.5. The molecule has 1 unspecified atom stereocenters. The van der Waals surface area contributed by atoms with Crippen LogP contribution in [-0.4, -0.2) is 71.4 Å². The van der Waals surface area contributed by atoms with Crippen LogP contribution in [0.15, 0.2) is 35.9 Å². The Balaban J connectivity index is 2.42. The maximum atomic E-state index is 13.5. The van der Waals surface area contributed by atoms with Gasteiger partial charge in [0.05, 0.1) is 27.9 Å². The second-order valence-corrected chi connectivity index (χ2v) is 6.80. The summed E-state index contributed by atoms with van der Waals surface area (Å²) >= 11 is 0. The molecule has 0 amide bonds. The maximum Gasteiger partial charge on any atom is 0.203 e. The molecule has 0 saturated carbocycles. The third-order valence-corrected chi connectivity index (χ3v) is 4.68. The number of nitrogens with zero attached hydrogens (tertiary/aromatic N) is 1. The minimum Gasteiger partial charge on any atom is -0.493 e. The van der Waals surface area contributed by atoms with Crippen LogP contribution >= 0.6 is 0 Å². The Morgan fingerprint density at radius 3 is 2.21 bits per heavy atom. The molecule has 0 heterocycles. The highest BCUT2D eigenvalue weighted by Gasteiger charge is 2.39. The summed E-state index contributed by atoms with van der Waals surface area (Å²) in [5.74, 6) is 1.11. The van der Waals surface area contributed by atoms with E-state index < -0.39 is 5.60 Å². The lowest BCUT2D eigenvalue weighted by Crippen LogP contribution is -2.42. The van der Waals surface area contributed by atoms with Gasteiger partial charge in [-0.3, -0.25) is 4.79 Å². The van der Waals surface area contributed by atoms with E-state index in [1.54, 1.807) is 18.2 Å². The summed E-state index contributed by atoms with van der Waals surface area (Å²) < 4.78 is 22.2. The van der Waals surface area contributed by atoms with Crippen molar-refractivity contribution in [3.05, 3.63) is 41.5 Å². The molecule has 1 aliphatic carbocycles. The average molecular weight is 390 g/mol. The molecule has 0 aromatic heterocycles. The van der Waals surface area contributed by atoms with E-state index in [1.807, 2.05) is 31.1 Å². The smallest absolute Gasteiger partial charge is 0.203 e. The molecule has 0 aliphatic heterocycles. The topological polar surface area (TPSA) is 83.3 Å². The number of rotatable bonds is 10. The minimum atomic E-state index is -1.10. The predicted octanol–water partition coefficient (Wildman–Crippen LogP) is 2.06. The summed E-state index contributed by atoms with van der Waals surface area (Å²) in [6.45, 7) is 1.54. The lowest BCUT2D eigenvalue weighted by atomic mass is 9.84. The van der Waals surface area contributed by atoms with E-state index in [4.69, 9.17) is 24.7 Å². The van der Waals surface area contributed by atoms with E-state index in [1.165, 1.54) is 21.3 Å². The van der Waals surface area contributed by atoms with E-state index in [9.17, 15) is 4.79 Å². The second-order valence-electron chi connectivity index (χ2n) is 6.80. The minimum absolute atomic E-state index is 0.172. The fraction of sp³-hybridized carbons (Fsp3) is 0.476. The van der Waals surface area contributed by atoms with Gasteiger partial charge in [-0.15, -0.1) is 0 Å². The normalized spacial score (nSPS) is 18.8. The Labute approximate surface area is 166 Å². The first kappa shape index (κ1) is 21.9. The SMILES string of the molecule is COc1cc(C(=O)C2(OCCN(C)C)C=CC(CN)=CC2)cc(OC)c1OC. The molecule has 1 aromatic carbocycles. The molecule has 2 N–H and O–H groups in total. The van der Waals surface area contributed by atoms with Gasteiger partial charge in [0.2, 0.25) is 5.75 Å². The van der Waals surface area contributed by atoms with Gasteiger partial charge in [0.15, 0.2) is 22.9 Å². The Morgan fingerprint density at radius 1 is 1.14 bits per heavy atom. The highest BCUT2D eigenvalue weighted by Crippen LogP contribution is 2.40. The van der Waals surface area contributed by atoms with Crippen molar-refractivity contribution in [2.45, 2.75) is 12.0 Å². The lowest BCUT2D eigenvalue weighted by molar-refractivity contribution is -0.00202. The summed E-state index contributed by atoms with van der Waals surface area (Å²) in [6.07, 6.45) is 6.02. The van der Waals surface area contributed by atoms with E-state index >= 15 is 0 Å². The van der Waals surface area contributed by atoms with Crippen LogP contribution in [0.1, 0.15) is 16.8 Å². The highest BCUT2D eigenvalue weighted by atomic mass is 16.5. The zero-order valence-corrected chi connectivity index (χ0v) is 17.3. The number of carbonyl (C=O) groups excluding carboxylic acids is 1. The molecule has 154 valence electrons. The van der Waals surface area contributed by atoms with Crippen molar-refractivity contribution in [2.24, 2.45) is 5.73 Å². The standard InChI is InChI=1S/C21H30N2O5/c1-23(2)10-11-28-21(8-6-15(14-22)7-9-21)20(24)16-12-17(25-3)19(27-5)18(13-16)26-4/h6-8,12-13H,9-11,14,22H2,1-5H3. The quantitative estimate of drug-likeness (QED) is 0.612. The molecule has 7 nitrogen and oxygen atoms in total. The second kappa shape index (κ2) is 9.73. The van der Waals surface area contributed by atoms with Crippen molar-refractivity contribution < 1.29 is 23.7 Å². The summed E-state index contributed by atoms with van der Waals surface area (Å²) in [5, 5.41) is 0. The molecule has 2 rings (SSSR count). The van der Waals surface area contributed by atoms with Gasteiger partial charge in [-0.2, -0.15) is 0 Å². The van der Waals surface area contributed by atoms with E-state index in [0.717, 1.165) is 5.57 Å². The number of ether oxygens (including phenoxy) is 4. The van der Waals surface area contributed by atoms with E-state index in [2.05, 4.69) is 0 Å². The molecule has 1 aliphatic rings. The number of ketones is 1. The van der Waals surface area contributed by atoms with Crippen LogP contribution in [0, 0.1) is 0 Å². The molecule has 0 radical (unpaired) electrons. The summed E-state index contributed by atoms with van der Waals surface area (Å²) in [5.41, 5.74) is 6.03. The molecule has 28 heavy (non-hydrogen) atoms. The molecule has 0 saturated heterocycles. The number of hydrogen-bond donors (Lipinski definition) is 1. The van der Waals surface area contributed by atoms with Gasteiger partial charge in [-0.1, -0.05) is 12.2 Å². The number of Topliss-reactive ketones (excluding diaryl/α,β-unsaturated/α-hetero) is 1. The van der Waals surface area contributed by atoms with Gasteiger partial charge >= 0.3 is 0 Å². The van der Waals surface area contributed by atoms with Crippen LogP contribution in [0.2, 0.25) is 0 Å². The number of methoxy groups -OCH3 is 3. The molecule has 0 spiro atoms. The number of likely N-dealkylation sites (N-methyl/N-ethyl adjacent to an activating group) is 1. The Kier molecular flexibility index (Phi) is 7.62. The Morgan fingerprint density at radius 2 is 1.79 bits per heavy atom. The molecule has 7 heteroatoms. The van der Waals surface area contributed by atoms with Gasteiger partial charge in [-0.05, 0) is 37.9 Å². The lowest BCUT2D eigenvalue weighted by Gasteiger charge is -2.32. The average Bonchev–Trinajstić information content (AvgIpc) is 2.72. The number of hydrogen-bond acceptors (Lipinski definition) is 7. The van der Waals surface area contributed by atoms with Crippen LogP contribution in [0.5, 0.6) is 17.2 Å². The van der Waals surface area contributed by atoms with Crippen molar-refractivity contribution in [1.29, 1.82) is 0 Å². The zero-order chi connectivity index (χ0) is 20.7. The van der Waals surface area contributed by atoms with Crippen molar-refractivity contribution >= 4 is 5.78 Å². The van der Waals surface area contributed by atoms with Crippen LogP contribution in [-0.2, 0) is 4.74 Å². The summed E-state index contributed by atoms with van der Waals surface area (Å²) in [4.78, 5) is 15.5. The van der Waals surface area contributed by atoms with E-state index in [-0.39, 0.29) is 5.78 Å². The number of carbonyl (C=O) groups is 1. The number of benzene rings is 1. The van der Waals surface area contributed by atoms with Crippen molar-refractivity contribution in [1.82, 2.24) is 4.90 Å². The van der Waals surface area contributed by atoms with E-state index in [0.29, 0.717) is 48.9 Å². The van der Waals surface area contributed by atoms with Crippen molar-refractivity contribution in [3.8, 4) is 17.2 Å². The monoisotopic (exact) mass is 390 g/mol. The van der Waals surface area contributed by atoms with Crippen LogP contribution < -0.4 is 19.9 Å². The van der Waals surface area contributed by atoms with Gasteiger partial charge < -0.3 is 29.6 Å². The Bertz CT molecular complexity index is 732. The Hall–Kier alpha value is -2.35. The van der Waals surface area contributed by atoms with Gasteiger partial charge in [0.1, 0.15) is 0 Å². The molecular formula is C21H30N2O5. The molecule has 0 bridgehead atoms.